The number of carbonyl (C=O) groups excluding carboxylic acids is 2. The normalized spacial score (nSPS) is 16.2. The molecule has 5 nitrogen and oxygen atoms in total. The van der Waals surface area contributed by atoms with Crippen LogP contribution < -0.4 is 4.90 Å². The van der Waals surface area contributed by atoms with Crippen molar-refractivity contribution in [3.05, 3.63) is 88.0 Å². The summed E-state index contributed by atoms with van der Waals surface area (Å²) in [5, 5.41) is 10.8. The molecule has 2 heterocycles. The summed E-state index contributed by atoms with van der Waals surface area (Å²) in [6, 6.07) is 18.6. The predicted molar refractivity (Wildman–Crippen MR) is 131 cm³/mol. The molecule has 0 unspecified atom stereocenters. The smallest absolute Gasteiger partial charge is 0.294 e. The minimum atomic E-state index is -0.728. The van der Waals surface area contributed by atoms with Crippen molar-refractivity contribution < 1.29 is 19.4 Å². The molecule has 0 saturated carbocycles. The van der Waals surface area contributed by atoms with E-state index in [4.69, 9.17) is 4.74 Å². The number of benzene rings is 2. The van der Waals surface area contributed by atoms with E-state index in [1.165, 1.54) is 9.78 Å². The molecule has 170 valence electrons. The maximum absolute atomic E-state index is 13.3. The minimum Gasteiger partial charge on any atom is -0.503 e. The molecule has 3 aromatic rings. The van der Waals surface area contributed by atoms with Gasteiger partial charge < -0.3 is 9.84 Å². The molecular formula is C27H27NO4S. The molecule has 1 N–H and O–H groups in total. The Morgan fingerprint density at radius 2 is 1.79 bits per heavy atom. The molecule has 33 heavy (non-hydrogen) atoms. The molecular weight excluding hydrogens is 434 g/mol. The van der Waals surface area contributed by atoms with Gasteiger partial charge in [0.2, 0.25) is 0 Å². The topological polar surface area (TPSA) is 66.8 Å². The van der Waals surface area contributed by atoms with Crippen molar-refractivity contribution in [3.63, 3.8) is 0 Å². The van der Waals surface area contributed by atoms with Crippen LogP contribution in [0.25, 0.3) is 10.4 Å². The number of ketones is 1. The van der Waals surface area contributed by atoms with Gasteiger partial charge in [0.05, 0.1) is 18.2 Å². The van der Waals surface area contributed by atoms with Gasteiger partial charge in [-0.3, -0.25) is 14.5 Å². The summed E-state index contributed by atoms with van der Waals surface area (Å²) in [4.78, 5) is 30.3. The summed E-state index contributed by atoms with van der Waals surface area (Å²) in [5.74, 6) is -1.66. The third kappa shape index (κ3) is 4.24. The highest BCUT2D eigenvalue weighted by atomic mass is 32.1. The summed E-state index contributed by atoms with van der Waals surface area (Å²) in [5.41, 5.74) is 3.43. The van der Waals surface area contributed by atoms with Gasteiger partial charge >= 0.3 is 0 Å². The van der Waals surface area contributed by atoms with Gasteiger partial charge in [-0.25, -0.2) is 0 Å². The molecule has 0 fully saturated rings. The van der Waals surface area contributed by atoms with Crippen LogP contribution in [-0.2, 0) is 20.9 Å². The zero-order chi connectivity index (χ0) is 23.7. The fraction of sp³-hybridized carbons (Fsp3) is 0.259. The molecule has 1 aliphatic rings. The van der Waals surface area contributed by atoms with E-state index in [9.17, 15) is 14.7 Å². The van der Waals surface area contributed by atoms with Crippen LogP contribution in [-0.4, -0.2) is 23.9 Å². The Bertz CT molecular complexity index is 1220. The van der Waals surface area contributed by atoms with Crippen LogP contribution in [0.2, 0.25) is 0 Å². The van der Waals surface area contributed by atoms with Crippen molar-refractivity contribution in [3.8, 4) is 10.4 Å². The standard InChI is InChI=1S/C27H27NO4S/c1-16(2)25(29)23-24(21-8-6-5-7-19(21)15-32-4)28(27(31)26(23)30)20-12-10-18(11-13-20)22-14-9-17(3)33-22/h5-14,16,24,30H,15H2,1-4H3/t24-/m1/s1. The average molecular weight is 462 g/mol. The van der Waals surface area contributed by atoms with E-state index in [2.05, 4.69) is 19.1 Å². The van der Waals surface area contributed by atoms with Crippen LogP contribution in [0, 0.1) is 12.8 Å². The zero-order valence-corrected chi connectivity index (χ0v) is 20.0. The lowest BCUT2D eigenvalue weighted by molar-refractivity contribution is -0.119. The number of aliphatic hydroxyl groups is 1. The molecule has 1 amide bonds. The molecule has 0 aliphatic carbocycles. The third-order valence-electron chi connectivity index (χ3n) is 5.82. The van der Waals surface area contributed by atoms with Crippen LogP contribution in [0.1, 0.15) is 35.9 Å². The van der Waals surface area contributed by atoms with Gasteiger partial charge in [0.25, 0.3) is 5.91 Å². The number of hydrogen-bond acceptors (Lipinski definition) is 5. The first-order valence-corrected chi connectivity index (χ1v) is 11.7. The summed E-state index contributed by atoms with van der Waals surface area (Å²) >= 11 is 1.70. The lowest BCUT2D eigenvalue weighted by atomic mass is 9.89. The quantitative estimate of drug-likeness (QED) is 0.469. The number of nitrogens with zero attached hydrogens (tertiary/aromatic N) is 1. The number of methoxy groups -OCH3 is 1. The van der Waals surface area contributed by atoms with Crippen molar-refractivity contribution in [2.24, 2.45) is 5.92 Å². The Morgan fingerprint density at radius 3 is 2.39 bits per heavy atom. The second-order valence-electron chi connectivity index (χ2n) is 8.45. The van der Waals surface area contributed by atoms with Crippen LogP contribution in [0.4, 0.5) is 5.69 Å². The molecule has 1 aliphatic heterocycles. The van der Waals surface area contributed by atoms with Gasteiger partial charge in [0.1, 0.15) is 0 Å². The minimum absolute atomic E-state index is 0.136. The molecule has 0 spiro atoms. The molecule has 2 aromatic carbocycles. The van der Waals surface area contributed by atoms with Crippen molar-refractivity contribution >= 4 is 28.7 Å². The van der Waals surface area contributed by atoms with Crippen LogP contribution in [0.3, 0.4) is 0 Å². The van der Waals surface area contributed by atoms with Crippen LogP contribution >= 0.6 is 11.3 Å². The first-order valence-electron chi connectivity index (χ1n) is 10.9. The molecule has 0 radical (unpaired) electrons. The van der Waals surface area contributed by atoms with Gasteiger partial charge in [0.15, 0.2) is 11.5 Å². The second-order valence-corrected chi connectivity index (χ2v) is 9.74. The highest BCUT2D eigenvalue weighted by molar-refractivity contribution is 7.15. The first kappa shape index (κ1) is 23.0. The van der Waals surface area contributed by atoms with Gasteiger partial charge in [0, 0.05) is 28.5 Å². The number of aryl methyl sites for hydroxylation is 1. The number of hydrogen-bond donors (Lipinski definition) is 1. The Kier molecular flexibility index (Phi) is 6.49. The largest absolute Gasteiger partial charge is 0.503 e. The van der Waals surface area contributed by atoms with Gasteiger partial charge in [-0.15, -0.1) is 11.3 Å². The molecule has 1 aromatic heterocycles. The number of carbonyl (C=O) groups is 2. The van der Waals surface area contributed by atoms with Crippen molar-refractivity contribution in [1.82, 2.24) is 0 Å². The molecule has 6 heteroatoms. The number of thiophene rings is 1. The van der Waals surface area contributed by atoms with Crippen LogP contribution in [0.5, 0.6) is 0 Å². The van der Waals surface area contributed by atoms with E-state index in [0.717, 1.165) is 21.6 Å². The summed E-state index contributed by atoms with van der Waals surface area (Å²) < 4.78 is 5.37. The highest BCUT2D eigenvalue weighted by Gasteiger charge is 2.45. The SMILES string of the molecule is COCc1ccccc1[C@@H]1C(C(=O)C(C)C)=C(O)C(=O)N1c1ccc(-c2ccc(C)s2)cc1. The third-order valence-corrected chi connectivity index (χ3v) is 6.87. The summed E-state index contributed by atoms with van der Waals surface area (Å²) in [6.45, 7) is 5.93. The molecule has 4 rings (SSSR count). The zero-order valence-electron chi connectivity index (χ0n) is 19.2. The van der Waals surface area contributed by atoms with E-state index in [0.29, 0.717) is 12.3 Å². The van der Waals surface area contributed by atoms with Gasteiger partial charge in [-0.2, -0.15) is 0 Å². The predicted octanol–water partition coefficient (Wildman–Crippen LogP) is 6.00. The number of amides is 1. The monoisotopic (exact) mass is 461 g/mol. The number of Topliss-reactive ketones (excluding diaryl/α,β-unsaturated/α-hetero) is 1. The first-order chi connectivity index (χ1) is 15.8. The summed E-state index contributed by atoms with van der Waals surface area (Å²) in [6.07, 6.45) is 0. The van der Waals surface area contributed by atoms with E-state index in [-0.39, 0.29) is 17.3 Å². The van der Waals surface area contributed by atoms with E-state index < -0.39 is 17.7 Å². The number of rotatable bonds is 7. The van der Waals surface area contributed by atoms with Gasteiger partial charge in [-0.05, 0) is 47.9 Å². The van der Waals surface area contributed by atoms with E-state index in [1.807, 2.05) is 48.5 Å². The Hall–Kier alpha value is -3.22. The maximum Gasteiger partial charge on any atom is 0.294 e. The van der Waals surface area contributed by atoms with Crippen LogP contribution in [0.15, 0.2) is 72.0 Å². The Balaban J connectivity index is 1.83. The van der Waals surface area contributed by atoms with Gasteiger partial charge in [-0.1, -0.05) is 50.2 Å². The number of aliphatic hydroxyl groups excluding tert-OH is 1. The lowest BCUT2D eigenvalue weighted by Crippen LogP contribution is -2.32. The van der Waals surface area contributed by atoms with Crippen molar-refractivity contribution in [2.75, 3.05) is 12.0 Å². The Labute approximate surface area is 197 Å². The van der Waals surface area contributed by atoms with E-state index in [1.54, 1.807) is 32.3 Å². The number of ether oxygens (including phenoxy) is 1. The second kappa shape index (κ2) is 9.33. The highest BCUT2D eigenvalue weighted by Crippen LogP contribution is 2.43. The number of anilines is 1. The summed E-state index contributed by atoms with van der Waals surface area (Å²) in [7, 11) is 1.60. The van der Waals surface area contributed by atoms with E-state index >= 15 is 0 Å². The molecule has 0 bridgehead atoms. The fourth-order valence-corrected chi connectivity index (χ4v) is 5.07. The van der Waals surface area contributed by atoms with Crippen molar-refractivity contribution in [1.29, 1.82) is 0 Å². The Morgan fingerprint density at radius 1 is 1.09 bits per heavy atom. The lowest BCUT2D eigenvalue weighted by Gasteiger charge is -2.29. The molecule has 1 atom stereocenters. The fourth-order valence-electron chi connectivity index (χ4n) is 4.19. The maximum atomic E-state index is 13.3. The average Bonchev–Trinajstić information content (AvgIpc) is 3.35. The molecule has 0 saturated heterocycles. The van der Waals surface area contributed by atoms with Crippen molar-refractivity contribution in [2.45, 2.75) is 33.4 Å².